The second kappa shape index (κ2) is 5.41. The Morgan fingerprint density at radius 1 is 1.19 bits per heavy atom. The van der Waals surface area contributed by atoms with Crippen molar-refractivity contribution in [2.75, 3.05) is 0 Å². The van der Waals surface area contributed by atoms with Crippen LogP contribution < -0.4 is 5.76 Å². The van der Waals surface area contributed by atoms with Gasteiger partial charge in [0.05, 0.1) is 10.9 Å². The zero-order chi connectivity index (χ0) is 15.0. The molecule has 21 heavy (non-hydrogen) atoms. The molecule has 0 aliphatic rings. The summed E-state index contributed by atoms with van der Waals surface area (Å²) in [5.74, 6) is -0.355. The fourth-order valence-electron chi connectivity index (χ4n) is 2.39. The van der Waals surface area contributed by atoms with E-state index in [-0.39, 0.29) is 11.1 Å². The number of nitrogens with zero attached hydrogens (tertiary/aromatic N) is 1. The first-order valence-electron chi connectivity index (χ1n) is 6.83. The van der Waals surface area contributed by atoms with E-state index in [0.29, 0.717) is 5.58 Å². The molecule has 0 fully saturated rings. The zero-order valence-electron chi connectivity index (χ0n) is 12.0. The first-order valence-corrected chi connectivity index (χ1v) is 7.27. The number of hydrogen-bond acceptors (Lipinski definition) is 2. The normalized spacial score (nSPS) is 12.7. The summed E-state index contributed by atoms with van der Waals surface area (Å²) >= 11 is 6.50. The molecule has 2 aromatic carbocycles. The van der Waals surface area contributed by atoms with Crippen LogP contribution in [-0.2, 0) is 13.5 Å². The molecule has 0 aliphatic carbocycles. The summed E-state index contributed by atoms with van der Waals surface area (Å²) in [4.78, 5) is 11.5. The SMILES string of the molecule is Cc1ccc(CC(Cl)c2ccc3c(c2)oc(=O)n3C)cc1. The summed E-state index contributed by atoms with van der Waals surface area (Å²) in [5.41, 5.74) is 4.74. The Kier molecular flexibility index (Phi) is 3.60. The van der Waals surface area contributed by atoms with E-state index in [9.17, 15) is 4.79 Å². The van der Waals surface area contributed by atoms with E-state index in [2.05, 4.69) is 31.2 Å². The standard InChI is InChI=1S/C17H16ClNO2/c1-11-3-5-12(6-4-11)9-14(18)13-7-8-15-16(10-13)21-17(20)19(15)2/h3-8,10,14H,9H2,1-2H3. The van der Waals surface area contributed by atoms with Gasteiger partial charge in [-0.1, -0.05) is 35.9 Å². The monoisotopic (exact) mass is 301 g/mol. The number of aryl methyl sites for hydroxylation is 2. The fraction of sp³-hybridized carbons (Fsp3) is 0.235. The highest BCUT2D eigenvalue weighted by atomic mass is 35.5. The van der Waals surface area contributed by atoms with Crippen molar-refractivity contribution in [3.8, 4) is 0 Å². The van der Waals surface area contributed by atoms with Crippen LogP contribution in [0, 0.1) is 6.92 Å². The lowest BCUT2D eigenvalue weighted by atomic mass is 10.0. The van der Waals surface area contributed by atoms with E-state index in [1.54, 1.807) is 7.05 Å². The van der Waals surface area contributed by atoms with Crippen LogP contribution in [0.3, 0.4) is 0 Å². The number of halogens is 1. The van der Waals surface area contributed by atoms with Gasteiger partial charge < -0.3 is 4.42 Å². The summed E-state index contributed by atoms with van der Waals surface area (Å²) in [6.07, 6.45) is 0.740. The van der Waals surface area contributed by atoms with E-state index < -0.39 is 0 Å². The molecular formula is C17H16ClNO2. The number of aromatic nitrogens is 1. The van der Waals surface area contributed by atoms with E-state index in [1.807, 2.05) is 18.2 Å². The molecule has 1 unspecified atom stereocenters. The largest absolute Gasteiger partial charge is 0.419 e. The van der Waals surface area contributed by atoms with E-state index in [1.165, 1.54) is 15.7 Å². The van der Waals surface area contributed by atoms with Gasteiger partial charge >= 0.3 is 5.76 Å². The highest BCUT2D eigenvalue weighted by molar-refractivity contribution is 6.21. The van der Waals surface area contributed by atoms with Gasteiger partial charge in [0, 0.05) is 7.05 Å². The fourth-order valence-corrected chi connectivity index (χ4v) is 2.71. The molecule has 1 atom stereocenters. The van der Waals surface area contributed by atoms with Gasteiger partial charge in [-0.25, -0.2) is 4.79 Å². The summed E-state index contributed by atoms with van der Waals surface area (Å²) in [6, 6.07) is 14.0. The summed E-state index contributed by atoms with van der Waals surface area (Å²) in [7, 11) is 1.69. The van der Waals surface area contributed by atoms with Gasteiger partial charge in [0.2, 0.25) is 0 Å². The summed E-state index contributed by atoms with van der Waals surface area (Å²) < 4.78 is 6.69. The minimum absolute atomic E-state index is 0.150. The van der Waals surface area contributed by atoms with Crippen LogP contribution in [0.5, 0.6) is 0 Å². The minimum Gasteiger partial charge on any atom is -0.408 e. The van der Waals surface area contributed by atoms with E-state index in [4.69, 9.17) is 16.0 Å². The third-order valence-corrected chi connectivity index (χ3v) is 4.12. The van der Waals surface area contributed by atoms with Crippen LogP contribution in [0.4, 0.5) is 0 Å². The minimum atomic E-state index is -0.355. The maximum atomic E-state index is 11.5. The van der Waals surface area contributed by atoms with Gasteiger partial charge in [-0.15, -0.1) is 11.6 Å². The van der Waals surface area contributed by atoms with Crippen LogP contribution in [0.1, 0.15) is 22.1 Å². The smallest absolute Gasteiger partial charge is 0.408 e. The molecule has 1 heterocycles. The number of fused-ring (bicyclic) bond motifs is 1. The van der Waals surface area contributed by atoms with Crippen molar-refractivity contribution in [1.29, 1.82) is 0 Å². The maximum Gasteiger partial charge on any atom is 0.419 e. The first kappa shape index (κ1) is 14.0. The topological polar surface area (TPSA) is 35.1 Å². The molecular weight excluding hydrogens is 286 g/mol. The molecule has 0 aliphatic heterocycles. The molecule has 3 aromatic rings. The highest BCUT2D eigenvalue weighted by Crippen LogP contribution is 2.27. The van der Waals surface area contributed by atoms with Crippen molar-refractivity contribution >= 4 is 22.7 Å². The summed E-state index contributed by atoms with van der Waals surface area (Å²) in [6.45, 7) is 2.06. The van der Waals surface area contributed by atoms with Gasteiger partial charge in [0.1, 0.15) is 0 Å². The van der Waals surface area contributed by atoms with Crippen LogP contribution >= 0.6 is 11.6 Å². The molecule has 0 saturated carbocycles. The molecule has 3 rings (SSSR count). The molecule has 0 bridgehead atoms. The van der Waals surface area contributed by atoms with Crippen molar-refractivity contribution in [2.45, 2.75) is 18.7 Å². The van der Waals surface area contributed by atoms with Gasteiger partial charge in [0.15, 0.2) is 5.58 Å². The predicted octanol–water partition coefficient (Wildman–Crippen LogP) is 3.96. The van der Waals surface area contributed by atoms with Gasteiger partial charge in [-0.05, 0) is 36.6 Å². The van der Waals surface area contributed by atoms with E-state index in [0.717, 1.165) is 17.5 Å². The third-order valence-electron chi connectivity index (χ3n) is 3.71. The molecule has 0 amide bonds. The second-order valence-corrected chi connectivity index (χ2v) is 5.84. The number of benzene rings is 2. The highest BCUT2D eigenvalue weighted by Gasteiger charge is 2.12. The Morgan fingerprint density at radius 3 is 2.62 bits per heavy atom. The molecule has 0 N–H and O–H groups in total. The Bertz CT molecular complexity index is 830. The predicted molar refractivity (Wildman–Crippen MR) is 84.9 cm³/mol. The van der Waals surface area contributed by atoms with Crippen molar-refractivity contribution in [1.82, 2.24) is 4.57 Å². The van der Waals surface area contributed by atoms with Crippen molar-refractivity contribution in [3.05, 3.63) is 69.7 Å². The molecule has 0 radical (unpaired) electrons. The van der Waals surface area contributed by atoms with Crippen LogP contribution in [0.15, 0.2) is 51.7 Å². The molecule has 1 aromatic heterocycles. The van der Waals surface area contributed by atoms with Gasteiger partial charge in [0.25, 0.3) is 0 Å². The lowest BCUT2D eigenvalue weighted by molar-refractivity contribution is 0.528. The van der Waals surface area contributed by atoms with Gasteiger partial charge in [-0.3, -0.25) is 4.57 Å². The van der Waals surface area contributed by atoms with Crippen molar-refractivity contribution < 1.29 is 4.42 Å². The quantitative estimate of drug-likeness (QED) is 0.686. The molecule has 0 saturated heterocycles. The van der Waals surface area contributed by atoms with Crippen molar-refractivity contribution in [3.63, 3.8) is 0 Å². The Hall–Kier alpha value is -2.00. The Balaban J connectivity index is 1.89. The van der Waals surface area contributed by atoms with E-state index >= 15 is 0 Å². The average Bonchev–Trinajstić information content (AvgIpc) is 2.76. The lowest BCUT2D eigenvalue weighted by Crippen LogP contribution is -2.08. The lowest BCUT2D eigenvalue weighted by Gasteiger charge is -2.10. The Morgan fingerprint density at radius 2 is 1.90 bits per heavy atom. The Labute approximate surface area is 127 Å². The molecule has 3 nitrogen and oxygen atoms in total. The maximum absolute atomic E-state index is 11.5. The number of rotatable bonds is 3. The second-order valence-electron chi connectivity index (χ2n) is 5.31. The number of oxazole rings is 1. The van der Waals surface area contributed by atoms with Crippen LogP contribution in [0.2, 0.25) is 0 Å². The number of alkyl halides is 1. The molecule has 0 spiro atoms. The van der Waals surface area contributed by atoms with Crippen molar-refractivity contribution in [2.24, 2.45) is 7.05 Å². The third kappa shape index (κ3) is 2.74. The van der Waals surface area contributed by atoms with Gasteiger partial charge in [-0.2, -0.15) is 0 Å². The summed E-state index contributed by atoms with van der Waals surface area (Å²) in [5, 5.41) is -0.150. The van der Waals surface area contributed by atoms with Crippen LogP contribution in [0.25, 0.3) is 11.1 Å². The van der Waals surface area contributed by atoms with Crippen LogP contribution in [-0.4, -0.2) is 4.57 Å². The number of hydrogen-bond donors (Lipinski definition) is 0. The first-order chi connectivity index (χ1) is 10.0. The zero-order valence-corrected chi connectivity index (χ0v) is 12.7. The molecule has 108 valence electrons. The average molecular weight is 302 g/mol. The molecule has 4 heteroatoms.